The Morgan fingerprint density at radius 2 is 1.92 bits per heavy atom. The first kappa shape index (κ1) is 27.1. The zero-order valence-electron chi connectivity index (χ0n) is 21.3. The molecular weight excluding hydrogens is 546 g/mol. The minimum Gasteiger partial charge on any atom is -0.494 e. The smallest absolute Gasteiger partial charge is 0.245 e. The number of benzene rings is 2. The summed E-state index contributed by atoms with van der Waals surface area (Å²) in [6.45, 7) is 2.22. The third kappa shape index (κ3) is 5.36. The van der Waals surface area contributed by atoms with E-state index in [1.807, 2.05) is 31.2 Å². The van der Waals surface area contributed by atoms with Crippen LogP contribution in [0, 0.1) is 24.5 Å². The lowest BCUT2D eigenvalue weighted by Gasteiger charge is -2.33. The molecule has 0 radical (unpaired) electrons. The van der Waals surface area contributed by atoms with E-state index < -0.39 is 32.5 Å². The summed E-state index contributed by atoms with van der Waals surface area (Å²) < 4.78 is 61.1. The Morgan fingerprint density at radius 3 is 2.59 bits per heavy atom. The number of carbonyl (C=O) groups excluding carboxylic acids is 1. The highest BCUT2D eigenvalue weighted by atomic mass is 32.2. The molecule has 1 amide bonds. The monoisotopic (exact) mass is 572 g/mol. The zero-order valence-corrected chi connectivity index (χ0v) is 22.9. The van der Waals surface area contributed by atoms with E-state index in [0.29, 0.717) is 28.2 Å². The first-order chi connectivity index (χ1) is 18.7. The number of pyridine rings is 1. The van der Waals surface area contributed by atoms with Crippen LogP contribution >= 0.6 is 11.3 Å². The molecule has 1 aliphatic rings. The van der Waals surface area contributed by atoms with Crippen molar-refractivity contribution in [3.63, 3.8) is 0 Å². The Labute approximate surface area is 228 Å². The fraction of sp³-hybridized carbons (Fsp3) is 0.296. The SMILES string of the molecule is COc1ccc(C)c2sc(N(Cc3ccccn3)C(=O)C3CCN(S(=O)(=O)c4ccc(F)cc4F)CC3)nc12. The predicted octanol–water partition coefficient (Wildman–Crippen LogP) is 4.92. The Balaban J connectivity index is 1.41. The molecule has 4 aromatic rings. The van der Waals surface area contributed by atoms with Gasteiger partial charge in [0.05, 0.1) is 24.0 Å². The number of anilines is 1. The van der Waals surface area contributed by atoms with Crippen molar-refractivity contribution in [2.45, 2.75) is 31.2 Å². The molecule has 8 nitrogen and oxygen atoms in total. The lowest BCUT2D eigenvalue weighted by molar-refractivity contribution is -0.123. The Bertz CT molecular complexity index is 1620. The van der Waals surface area contributed by atoms with Gasteiger partial charge < -0.3 is 4.74 Å². The Hall–Kier alpha value is -3.48. The maximum Gasteiger partial charge on any atom is 0.245 e. The first-order valence-electron chi connectivity index (χ1n) is 12.3. The number of aromatic nitrogens is 2. The summed E-state index contributed by atoms with van der Waals surface area (Å²) in [5, 5.41) is 0.497. The molecule has 0 unspecified atom stereocenters. The number of sulfonamides is 1. The summed E-state index contributed by atoms with van der Waals surface area (Å²) in [4.78, 5) is 24.1. The Kier molecular flexibility index (Phi) is 7.61. The van der Waals surface area contributed by atoms with Gasteiger partial charge in [0.1, 0.15) is 27.8 Å². The van der Waals surface area contributed by atoms with Crippen LogP contribution in [0.15, 0.2) is 59.6 Å². The maximum atomic E-state index is 14.2. The van der Waals surface area contributed by atoms with Crippen LogP contribution in [0.3, 0.4) is 0 Å². The number of amides is 1. The number of fused-ring (bicyclic) bond motifs is 1. The van der Waals surface area contributed by atoms with Crippen LogP contribution in [-0.2, 0) is 21.4 Å². The molecule has 0 atom stereocenters. The van der Waals surface area contributed by atoms with E-state index in [4.69, 9.17) is 9.72 Å². The number of nitrogens with zero attached hydrogens (tertiary/aromatic N) is 4. The van der Waals surface area contributed by atoms with Crippen molar-refractivity contribution in [3.8, 4) is 5.75 Å². The third-order valence-electron chi connectivity index (χ3n) is 6.77. The first-order valence-corrected chi connectivity index (χ1v) is 14.6. The number of methoxy groups -OCH3 is 1. The normalized spacial score (nSPS) is 15.0. The third-order valence-corrected chi connectivity index (χ3v) is 9.92. The summed E-state index contributed by atoms with van der Waals surface area (Å²) in [6, 6.07) is 11.6. The van der Waals surface area contributed by atoms with Gasteiger partial charge in [0.15, 0.2) is 5.13 Å². The molecule has 5 rings (SSSR count). The number of thiazole rings is 1. The van der Waals surface area contributed by atoms with Crippen LogP contribution < -0.4 is 9.64 Å². The van der Waals surface area contributed by atoms with Gasteiger partial charge in [-0.1, -0.05) is 23.5 Å². The van der Waals surface area contributed by atoms with Crippen LogP contribution in [0.4, 0.5) is 13.9 Å². The molecule has 1 saturated heterocycles. The van der Waals surface area contributed by atoms with E-state index in [1.54, 1.807) is 24.3 Å². The van der Waals surface area contributed by atoms with Crippen LogP contribution in [0.1, 0.15) is 24.1 Å². The van der Waals surface area contributed by atoms with Crippen LogP contribution in [0.2, 0.25) is 0 Å². The molecule has 2 aromatic carbocycles. The molecule has 1 aliphatic heterocycles. The molecule has 204 valence electrons. The van der Waals surface area contributed by atoms with Crippen molar-refractivity contribution in [2.24, 2.45) is 5.92 Å². The molecule has 2 aromatic heterocycles. The lowest BCUT2D eigenvalue weighted by Crippen LogP contribution is -2.44. The average Bonchev–Trinajstić information content (AvgIpc) is 3.38. The van der Waals surface area contributed by atoms with Crippen molar-refractivity contribution >= 4 is 42.6 Å². The highest BCUT2D eigenvalue weighted by molar-refractivity contribution is 7.89. The number of halogens is 2. The molecule has 0 aliphatic carbocycles. The number of aryl methyl sites for hydroxylation is 1. The molecule has 0 spiro atoms. The van der Waals surface area contributed by atoms with Gasteiger partial charge in [-0.25, -0.2) is 22.2 Å². The number of hydrogen-bond acceptors (Lipinski definition) is 7. The maximum absolute atomic E-state index is 14.2. The van der Waals surface area contributed by atoms with Gasteiger partial charge in [-0.3, -0.25) is 14.7 Å². The molecule has 39 heavy (non-hydrogen) atoms. The molecule has 0 N–H and O–H groups in total. The molecule has 12 heteroatoms. The molecular formula is C27H26F2N4O4S2. The van der Waals surface area contributed by atoms with Gasteiger partial charge in [-0.2, -0.15) is 4.31 Å². The van der Waals surface area contributed by atoms with Gasteiger partial charge in [-0.05, 0) is 55.7 Å². The quantitative estimate of drug-likeness (QED) is 0.312. The standard InChI is InChI=1S/C27H26F2N4O4S2/c1-17-6-8-22(37-2)24-25(17)38-27(31-24)33(16-20-5-3-4-12-30-20)26(34)18-10-13-32(14-11-18)39(35,36)23-9-7-19(28)15-21(23)29/h3-9,12,15,18H,10-11,13-14,16H2,1-2H3. The van der Waals surface area contributed by atoms with Crippen molar-refractivity contribution in [2.75, 3.05) is 25.1 Å². The summed E-state index contributed by atoms with van der Waals surface area (Å²) in [7, 11) is -2.61. The lowest BCUT2D eigenvalue weighted by atomic mass is 9.96. The van der Waals surface area contributed by atoms with Crippen LogP contribution in [-0.4, -0.2) is 48.8 Å². The van der Waals surface area contributed by atoms with Gasteiger partial charge in [0.2, 0.25) is 15.9 Å². The van der Waals surface area contributed by atoms with E-state index in [9.17, 15) is 22.0 Å². The van der Waals surface area contributed by atoms with E-state index in [-0.39, 0.29) is 38.4 Å². The minimum absolute atomic E-state index is 0.0275. The van der Waals surface area contributed by atoms with E-state index >= 15 is 0 Å². The van der Waals surface area contributed by atoms with Crippen molar-refractivity contribution in [3.05, 3.63) is 77.6 Å². The minimum atomic E-state index is -4.18. The van der Waals surface area contributed by atoms with E-state index in [2.05, 4.69) is 4.98 Å². The molecule has 1 fully saturated rings. The van der Waals surface area contributed by atoms with Gasteiger partial charge in [0.25, 0.3) is 0 Å². The van der Waals surface area contributed by atoms with Crippen molar-refractivity contribution in [1.82, 2.24) is 14.3 Å². The predicted molar refractivity (Wildman–Crippen MR) is 144 cm³/mol. The topological polar surface area (TPSA) is 92.7 Å². The molecule has 0 bridgehead atoms. The highest BCUT2D eigenvalue weighted by Gasteiger charge is 2.36. The second-order valence-corrected chi connectivity index (χ2v) is 12.1. The average molecular weight is 573 g/mol. The summed E-state index contributed by atoms with van der Waals surface area (Å²) in [5.41, 5.74) is 2.35. The van der Waals surface area contributed by atoms with Crippen LogP contribution in [0.5, 0.6) is 5.75 Å². The van der Waals surface area contributed by atoms with Gasteiger partial charge in [-0.15, -0.1) is 0 Å². The summed E-state index contributed by atoms with van der Waals surface area (Å²) in [5.74, 6) is -2.06. The zero-order chi connectivity index (χ0) is 27.7. The largest absolute Gasteiger partial charge is 0.494 e. The second-order valence-electron chi connectivity index (χ2n) is 9.26. The second kappa shape index (κ2) is 10.9. The number of carbonyl (C=O) groups is 1. The van der Waals surface area contributed by atoms with Crippen molar-refractivity contribution < 1.29 is 26.7 Å². The molecule has 0 saturated carbocycles. The van der Waals surface area contributed by atoms with Gasteiger partial charge >= 0.3 is 0 Å². The summed E-state index contributed by atoms with van der Waals surface area (Å²) >= 11 is 1.39. The summed E-state index contributed by atoms with van der Waals surface area (Å²) in [6.07, 6.45) is 2.14. The van der Waals surface area contributed by atoms with E-state index in [0.717, 1.165) is 26.7 Å². The number of ether oxygens (including phenoxy) is 1. The molecule has 3 heterocycles. The van der Waals surface area contributed by atoms with Crippen molar-refractivity contribution in [1.29, 1.82) is 0 Å². The van der Waals surface area contributed by atoms with Crippen LogP contribution in [0.25, 0.3) is 10.2 Å². The number of piperidine rings is 1. The fourth-order valence-electron chi connectivity index (χ4n) is 4.66. The number of rotatable bonds is 7. The fourth-order valence-corrected chi connectivity index (χ4v) is 7.23. The van der Waals surface area contributed by atoms with Gasteiger partial charge in [0, 0.05) is 31.3 Å². The Morgan fingerprint density at radius 1 is 1.15 bits per heavy atom. The number of hydrogen-bond donors (Lipinski definition) is 0. The van der Waals surface area contributed by atoms with E-state index in [1.165, 1.54) is 11.3 Å². The highest BCUT2D eigenvalue weighted by Crippen LogP contribution is 2.38.